The SMILES string of the molecule is CCN1CCN(C(=O)C2CCN(Cc3nc(-c4ccc(OC)cc4)no3)CC2)CC1. The second-order valence-electron chi connectivity index (χ2n) is 8.05. The van der Waals surface area contributed by atoms with Crippen LogP contribution in [-0.2, 0) is 11.3 Å². The first kappa shape index (κ1) is 20.8. The lowest BCUT2D eigenvalue weighted by Crippen LogP contribution is -2.51. The van der Waals surface area contributed by atoms with Crippen molar-refractivity contribution in [1.82, 2.24) is 24.8 Å². The number of piperazine rings is 1. The molecule has 0 unspecified atom stereocenters. The number of hydrogen-bond donors (Lipinski definition) is 0. The standard InChI is InChI=1S/C22H31N5O3/c1-3-25-12-14-27(15-13-25)22(28)18-8-10-26(11-9-18)16-20-23-21(24-30-20)17-4-6-19(29-2)7-5-17/h4-7,18H,3,8-16H2,1-2H3. The van der Waals surface area contributed by atoms with Crippen LogP contribution in [0.4, 0.5) is 0 Å². The minimum Gasteiger partial charge on any atom is -0.497 e. The van der Waals surface area contributed by atoms with Crippen molar-refractivity contribution in [2.45, 2.75) is 26.3 Å². The van der Waals surface area contributed by atoms with Gasteiger partial charge in [-0.05, 0) is 56.7 Å². The number of likely N-dealkylation sites (tertiary alicyclic amines) is 1. The lowest BCUT2D eigenvalue weighted by Gasteiger charge is -2.38. The summed E-state index contributed by atoms with van der Waals surface area (Å²) in [7, 11) is 1.64. The maximum absolute atomic E-state index is 12.9. The van der Waals surface area contributed by atoms with Gasteiger partial charge in [0, 0.05) is 37.7 Å². The molecular formula is C22H31N5O3. The summed E-state index contributed by atoms with van der Waals surface area (Å²) in [4.78, 5) is 24.1. The van der Waals surface area contributed by atoms with E-state index in [0.717, 1.165) is 70.0 Å². The summed E-state index contributed by atoms with van der Waals surface area (Å²) < 4.78 is 10.6. The van der Waals surface area contributed by atoms with E-state index in [2.05, 4.69) is 31.8 Å². The van der Waals surface area contributed by atoms with Gasteiger partial charge in [-0.25, -0.2) is 0 Å². The molecule has 0 N–H and O–H groups in total. The van der Waals surface area contributed by atoms with Gasteiger partial charge in [0.05, 0.1) is 13.7 Å². The number of aromatic nitrogens is 2. The summed E-state index contributed by atoms with van der Waals surface area (Å²) in [5.74, 6) is 2.48. The predicted molar refractivity (Wildman–Crippen MR) is 113 cm³/mol. The summed E-state index contributed by atoms with van der Waals surface area (Å²) in [6, 6.07) is 7.61. The molecule has 0 atom stereocenters. The molecular weight excluding hydrogens is 382 g/mol. The molecule has 1 aromatic heterocycles. The number of piperidine rings is 1. The fourth-order valence-electron chi connectivity index (χ4n) is 4.25. The molecule has 30 heavy (non-hydrogen) atoms. The van der Waals surface area contributed by atoms with Crippen molar-refractivity contribution in [3.63, 3.8) is 0 Å². The molecule has 0 bridgehead atoms. The predicted octanol–water partition coefficient (Wildman–Crippen LogP) is 2.12. The summed E-state index contributed by atoms with van der Waals surface area (Å²) in [5, 5.41) is 4.11. The van der Waals surface area contributed by atoms with Gasteiger partial charge in [-0.2, -0.15) is 4.98 Å². The normalized spacial score (nSPS) is 19.2. The molecule has 0 aliphatic carbocycles. The quantitative estimate of drug-likeness (QED) is 0.718. The number of hydrogen-bond acceptors (Lipinski definition) is 7. The van der Waals surface area contributed by atoms with Gasteiger partial charge in [0.15, 0.2) is 0 Å². The van der Waals surface area contributed by atoms with Gasteiger partial charge in [-0.1, -0.05) is 12.1 Å². The Morgan fingerprint density at radius 3 is 2.40 bits per heavy atom. The second kappa shape index (κ2) is 9.57. The van der Waals surface area contributed by atoms with Crippen LogP contribution in [0.5, 0.6) is 5.75 Å². The van der Waals surface area contributed by atoms with Crippen LogP contribution in [0.1, 0.15) is 25.7 Å². The summed E-state index contributed by atoms with van der Waals surface area (Å²) >= 11 is 0. The van der Waals surface area contributed by atoms with E-state index in [1.54, 1.807) is 7.11 Å². The van der Waals surface area contributed by atoms with Crippen LogP contribution in [0.2, 0.25) is 0 Å². The number of benzene rings is 1. The zero-order valence-electron chi connectivity index (χ0n) is 17.9. The van der Waals surface area contributed by atoms with E-state index in [-0.39, 0.29) is 5.92 Å². The monoisotopic (exact) mass is 413 g/mol. The summed E-state index contributed by atoms with van der Waals surface area (Å²) in [6.45, 7) is 9.35. The van der Waals surface area contributed by atoms with E-state index >= 15 is 0 Å². The van der Waals surface area contributed by atoms with Crippen LogP contribution < -0.4 is 4.74 Å². The maximum Gasteiger partial charge on any atom is 0.241 e. The fourth-order valence-corrected chi connectivity index (χ4v) is 4.25. The molecule has 2 aromatic rings. The van der Waals surface area contributed by atoms with Crippen molar-refractivity contribution < 1.29 is 14.1 Å². The minimum absolute atomic E-state index is 0.145. The molecule has 2 aliphatic heterocycles. The third-order valence-electron chi connectivity index (χ3n) is 6.24. The van der Waals surface area contributed by atoms with E-state index in [1.807, 2.05) is 24.3 Å². The Hall–Kier alpha value is -2.45. The first-order chi connectivity index (χ1) is 14.7. The largest absolute Gasteiger partial charge is 0.497 e. The molecule has 1 amide bonds. The van der Waals surface area contributed by atoms with Crippen LogP contribution >= 0.6 is 0 Å². The number of nitrogens with zero attached hydrogens (tertiary/aromatic N) is 5. The number of methoxy groups -OCH3 is 1. The van der Waals surface area contributed by atoms with Gasteiger partial charge >= 0.3 is 0 Å². The highest BCUT2D eigenvalue weighted by molar-refractivity contribution is 5.79. The Labute approximate surface area is 177 Å². The third kappa shape index (κ3) is 4.82. The molecule has 0 spiro atoms. The van der Waals surface area contributed by atoms with Crippen LogP contribution in [0.3, 0.4) is 0 Å². The number of amides is 1. The smallest absolute Gasteiger partial charge is 0.241 e. The van der Waals surface area contributed by atoms with Gasteiger partial charge in [-0.15, -0.1) is 0 Å². The van der Waals surface area contributed by atoms with Gasteiger partial charge in [0.1, 0.15) is 5.75 Å². The average molecular weight is 414 g/mol. The zero-order chi connectivity index (χ0) is 20.9. The number of ether oxygens (including phenoxy) is 1. The molecule has 2 aliphatic rings. The van der Waals surface area contributed by atoms with Gasteiger partial charge in [0.2, 0.25) is 17.6 Å². The van der Waals surface area contributed by atoms with Crippen molar-refractivity contribution in [2.75, 3.05) is 52.9 Å². The second-order valence-corrected chi connectivity index (χ2v) is 8.05. The van der Waals surface area contributed by atoms with Gasteiger partial charge in [-0.3, -0.25) is 9.69 Å². The maximum atomic E-state index is 12.9. The first-order valence-corrected chi connectivity index (χ1v) is 10.9. The van der Waals surface area contributed by atoms with Gasteiger partial charge < -0.3 is 19.1 Å². The Morgan fingerprint density at radius 2 is 1.77 bits per heavy atom. The lowest BCUT2D eigenvalue weighted by molar-refractivity contribution is -0.138. The van der Waals surface area contributed by atoms with Gasteiger partial charge in [0.25, 0.3) is 0 Å². The Bertz CT molecular complexity index is 822. The summed E-state index contributed by atoms with van der Waals surface area (Å²) in [5.41, 5.74) is 0.901. The Balaban J connectivity index is 1.26. The van der Waals surface area contributed by atoms with Crippen LogP contribution in [0.15, 0.2) is 28.8 Å². The molecule has 2 saturated heterocycles. The Morgan fingerprint density at radius 1 is 1.07 bits per heavy atom. The number of rotatable bonds is 6. The highest BCUT2D eigenvalue weighted by Crippen LogP contribution is 2.23. The minimum atomic E-state index is 0.145. The topological polar surface area (TPSA) is 74.9 Å². The Kier molecular flexibility index (Phi) is 6.64. The van der Waals surface area contributed by atoms with E-state index in [9.17, 15) is 4.79 Å². The van der Waals surface area contributed by atoms with Crippen molar-refractivity contribution in [1.29, 1.82) is 0 Å². The van der Waals surface area contributed by atoms with Crippen molar-refractivity contribution in [2.24, 2.45) is 5.92 Å². The summed E-state index contributed by atoms with van der Waals surface area (Å²) in [6.07, 6.45) is 1.79. The molecule has 1 aromatic carbocycles. The van der Waals surface area contributed by atoms with Crippen LogP contribution in [-0.4, -0.2) is 83.7 Å². The number of carbonyl (C=O) groups is 1. The number of carbonyl (C=O) groups excluding carboxylic acids is 1. The molecule has 3 heterocycles. The van der Waals surface area contributed by atoms with Crippen LogP contribution in [0, 0.1) is 5.92 Å². The highest BCUT2D eigenvalue weighted by Gasteiger charge is 2.30. The van der Waals surface area contributed by atoms with E-state index in [4.69, 9.17) is 9.26 Å². The molecule has 4 rings (SSSR count). The average Bonchev–Trinajstić information content (AvgIpc) is 3.27. The van der Waals surface area contributed by atoms with Crippen molar-refractivity contribution in [3.05, 3.63) is 30.2 Å². The fraction of sp³-hybridized carbons (Fsp3) is 0.591. The van der Waals surface area contributed by atoms with Crippen molar-refractivity contribution in [3.8, 4) is 17.1 Å². The van der Waals surface area contributed by atoms with Crippen LogP contribution in [0.25, 0.3) is 11.4 Å². The molecule has 0 radical (unpaired) electrons. The zero-order valence-corrected chi connectivity index (χ0v) is 17.9. The highest BCUT2D eigenvalue weighted by atomic mass is 16.5. The first-order valence-electron chi connectivity index (χ1n) is 10.9. The number of likely N-dealkylation sites (N-methyl/N-ethyl adjacent to an activating group) is 1. The van der Waals surface area contributed by atoms with E-state index in [1.165, 1.54) is 0 Å². The molecule has 8 heteroatoms. The molecule has 2 fully saturated rings. The molecule has 0 saturated carbocycles. The molecule has 162 valence electrons. The lowest BCUT2D eigenvalue weighted by atomic mass is 9.95. The van der Waals surface area contributed by atoms with E-state index in [0.29, 0.717) is 24.2 Å². The van der Waals surface area contributed by atoms with E-state index < -0.39 is 0 Å². The molecule has 8 nitrogen and oxygen atoms in total. The third-order valence-corrected chi connectivity index (χ3v) is 6.24. The van der Waals surface area contributed by atoms with Crippen molar-refractivity contribution >= 4 is 5.91 Å².